The van der Waals surface area contributed by atoms with Crippen molar-refractivity contribution < 1.29 is 29.6 Å². The Morgan fingerprint density at radius 2 is 2.00 bits per heavy atom. The molecule has 0 aromatic rings. The summed E-state index contributed by atoms with van der Waals surface area (Å²) in [6, 6.07) is 0. The Labute approximate surface area is 68.1 Å². The van der Waals surface area contributed by atoms with Gasteiger partial charge in [0.2, 0.25) is 0 Å². The second-order valence-electron chi connectivity index (χ2n) is 2.39. The highest BCUT2D eigenvalue weighted by molar-refractivity contribution is 5.50. The molecular weight excluding hydrogens is 171 g/mol. The Morgan fingerprint density at radius 1 is 1.50 bits per heavy atom. The molecule has 0 aliphatic carbocycles. The molecule has 3 atom stereocenters. The highest BCUT2D eigenvalue weighted by Crippen LogP contribution is 2.15. The molecule has 0 heterocycles. The first-order valence-electron chi connectivity index (χ1n) is 3.27. The largest absolute Gasteiger partial charge is 0.390 e. The highest BCUT2D eigenvalue weighted by Gasteiger charge is 2.39. The van der Waals surface area contributed by atoms with Crippen molar-refractivity contribution in [3.63, 3.8) is 0 Å². The number of hydrogen-bond donors (Lipinski definition) is 4. The predicted octanol–water partition coefficient (Wildman–Crippen LogP) is -2.05. The molecule has 0 rings (SSSR count). The van der Waals surface area contributed by atoms with E-state index in [2.05, 4.69) is 0 Å². The molecule has 0 fully saturated rings. The minimum absolute atomic E-state index is 0.265. The van der Waals surface area contributed by atoms with Crippen LogP contribution in [-0.2, 0) is 4.79 Å². The van der Waals surface area contributed by atoms with Crippen LogP contribution in [0, 0.1) is 0 Å². The Kier molecular flexibility index (Phi) is 4.25. The molecule has 0 saturated carbocycles. The summed E-state index contributed by atoms with van der Waals surface area (Å²) in [6.07, 6.45) is -4.15. The van der Waals surface area contributed by atoms with Crippen LogP contribution in [-0.4, -0.2) is 51.4 Å². The fourth-order valence-electron chi connectivity index (χ4n) is 0.616. The van der Waals surface area contributed by atoms with Crippen molar-refractivity contribution in [1.29, 1.82) is 0 Å². The third-order valence-corrected chi connectivity index (χ3v) is 1.38. The monoisotopic (exact) mass is 182 g/mol. The van der Waals surface area contributed by atoms with Crippen LogP contribution in [0.2, 0.25) is 0 Å². The first-order valence-corrected chi connectivity index (χ1v) is 3.27. The molecule has 4 N–H and O–H groups in total. The molecule has 72 valence electrons. The van der Waals surface area contributed by atoms with Gasteiger partial charge in [-0.15, -0.1) is 0 Å². The standard InChI is InChI=1S/C6H11FO5/c7-6(12,3-9)5(11)4(10)1-2-8/h2,4-5,9-12H,1,3H2/t4?,5?,6-/m1/s1. The maximum atomic E-state index is 12.6. The van der Waals surface area contributed by atoms with Crippen molar-refractivity contribution in [2.24, 2.45) is 0 Å². The summed E-state index contributed by atoms with van der Waals surface area (Å²) in [6.45, 7) is -1.34. The van der Waals surface area contributed by atoms with Crippen molar-refractivity contribution in [3.05, 3.63) is 0 Å². The third-order valence-electron chi connectivity index (χ3n) is 1.38. The summed E-state index contributed by atoms with van der Waals surface area (Å²) in [5.41, 5.74) is 0. The van der Waals surface area contributed by atoms with E-state index in [1.54, 1.807) is 0 Å². The van der Waals surface area contributed by atoms with Gasteiger partial charge in [0.1, 0.15) is 19.0 Å². The molecule has 0 saturated heterocycles. The van der Waals surface area contributed by atoms with Gasteiger partial charge in [0.25, 0.3) is 5.85 Å². The summed E-state index contributed by atoms with van der Waals surface area (Å²) in [5.74, 6) is -3.28. The van der Waals surface area contributed by atoms with Crippen molar-refractivity contribution in [3.8, 4) is 0 Å². The van der Waals surface area contributed by atoms with Gasteiger partial charge < -0.3 is 25.2 Å². The van der Waals surface area contributed by atoms with E-state index in [4.69, 9.17) is 20.4 Å². The lowest BCUT2D eigenvalue weighted by molar-refractivity contribution is -0.217. The molecular formula is C6H11FO5. The lowest BCUT2D eigenvalue weighted by atomic mass is 10.0. The maximum absolute atomic E-state index is 12.6. The first-order chi connectivity index (χ1) is 5.45. The van der Waals surface area contributed by atoms with Gasteiger partial charge in [-0.25, -0.2) is 4.39 Å². The number of carbonyl (C=O) groups excluding carboxylic acids is 1. The summed E-state index contributed by atoms with van der Waals surface area (Å²) >= 11 is 0. The molecule has 0 amide bonds. The number of aldehydes is 1. The number of aliphatic hydroxyl groups excluding tert-OH is 3. The van der Waals surface area contributed by atoms with E-state index >= 15 is 0 Å². The zero-order valence-corrected chi connectivity index (χ0v) is 6.22. The van der Waals surface area contributed by atoms with Crippen LogP contribution < -0.4 is 0 Å². The molecule has 0 aromatic carbocycles. The molecule has 12 heavy (non-hydrogen) atoms. The molecule has 0 bridgehead atoms. The van der Waals surface area contributed by atoms with Gasteiger partial charge in [-0.2, -0.15) is 0 Å². The molecule has 0 aromatic heterocycles. The van der Waals surface area contributed by atoms with Crippen LogP contribution in [0.15, 0.2) is 0 Å². The summed E-state index contributed by atoms with van der Waals surface area (Å²) < 4.78 is 12.6. The van der Waals surface area contributed by atoms with E-state index in [1.807, 2.05) is 0 Å². The number of rotatable bonds is 5. The van der Waals surface area contributed by atoms with Gasteiger partial charge in [0.05, 0.1) is 6.10 Å². The summed E-state index contributed by atoms with van der Waals surface area (Å²) in [4.78, 5) is 9.80. The van der Waals surface area contributed by atoms with Gasteiger partial charge in [-0.1, -0.05) is 0 Å². The van der Waals surface area contributed by atoms with Gasteiger partial charge >= 0.3 is 0 Å². The average Bonchev–Trinajstić information content (AvgIpc) is 2.03. The van der Waals surface area contributed by atoms with E-state index in [9.17, 15) is 9.18 Å². The first kappa shape index (κ1) is 11.4. The highest BCUT2D eigenvalue weighted by atomic mass is 19.2. The van der Waals surface area contributed by atoms with E-state index in [0.717, 1.165) is 0 Å². The van der Waals surface area contributed by atoms with Crippen molar-refractivity contribution in [1.82, 2.24) is 0 Å². The number of hydrogen-bond acceptors (Lipinski definition) is 5. The van der Waals surface area contributed by atoms with Crippen molar-refractivity contribution in [2.45, 2.75) is 24.5 Å². The van der Waals surface area contributed by atoms with Crippen LogP contribution in [0.5, 0.6) is 0 Å². The lowest BCUT2D eigenvalue weighted by Gasteiger charge is -2.25. The van der Waals surface area contributed by atoms with Crippen LogP contribution in [0.3, 0.4) is 0 Å². The van der Waals surface area contributed by atoms with Gasteiger partial charge in [0, 0.05) is 6.42 Å². The quantitative estimate of drug-likeness (QED) is 0.367. The average molecular weight is 182 g/mol. The summed E-state index contributed by atoms with van der Waals surface area (Å²) in [7, 11) is 0. The Balaban J connectivity index is 4.16. The number of halogens is 1. The minimum Gasteiger partial charge on any atom is -0.390 e. The number of alkyl halides is 1. The van der Waals surface area contributed by atoms with E-state index in [1.165, 1.54) is 0 Å². The fourth-order valence-corrected chi connectivity index (χ4v) is 0.616. The zero-order chi connectivity index (χ0) is 9.78. The Bertz CT molecular complexity index is 149. The predicted molar refractivity (Wildman–Crippen MR) is 35.8 cm³/mol. The lowest BCUT2D eigenvalue weighted by Crippen LogP contribution is -2.48. The van der Waals surface area contributed by atoms with Crippen LogP contribution in [0.1, 0.15) is 6.42 Å². The van der Waals surface area contributed by atoms with Gasteiger partial charge in [-0.3, -0.25) is 0 Å². The maximum Gasteiger partial charge on any atom is 0.258 e. The smallest absolute Gasteiger partial charge is 0.258 e. The topological polar surface area (TPSA) is 98.0 Å². The second kappa shape index (κ2) is 4.46. The molecule has 0 aliphatic rings. The summed E-state index contributed by atoms with van der Waals surface area (Å²) in [5, 5.41) is 34.3. The Hall–Kier alpha value is -0.560. The SMILES string of the molecule is O=CCC(O)C(O)[C@@](O)(F)CO. The number of aliphatic hydroxyl groups is 4. The van der Waals surface area contributed by atoms with Crippen LogP contribution in [0.25, 0.3) is 0 Å². The van der Waals surface area contributed by atoms with Crippen molar-refractivity contribution in [2.75, 3.05) is 6.61 Å². The van der Waals surface area contributed by atoms with Crippen molar-refractivity contribution >= 4 is 6.29 Å². The molecule has 2 unspecified atom stereocenters. The second-order valence-corrected chi connectivity index (χ2v) is 2.39. The van der Waals surface area contributed by atoms with Crippen LogP contribution >= 0.6 is 0 Å². The molecule has 6 heteroatoms. The minimum atomic E-state index is -3.28. The molecule has 0 spiro atoms. The normalized spacial score (nSPS) is 21.1. The zero-order valence-electron chi connectivity index (χ0n) is 6.22. The van der Waals surface area contributed by atoms with Gasteiger partial charge in [0.15, 0.2) is 0 Å². The third kappa shape index (κ3) is 2.82. The van der Waals surface area contributed by atoms with E-state index in [-0.39, 0.29) is 6.29 Å². The van der Waals surface area contributed by atoms with E-state index < -0.39 is 31.1 Å². The number of carbonyl (C=O) groups is 1. The molecule has 5 nitrogen and oxygen atoms in total. The van der Waals surface area contributed by atoms with Gasteiger partial charge in [-0.05, 0) is 0 Å². The molecule has 0 radical (unpaired) electrons. The molecule has 0 aliphatic heterocycles. The Morgan fingerprint density at radius 3 is 2.33 bits per heavy atom. The van der Waals surface area contributed by atoms with Crippen LogP contribution in [0.4, 0.5) is 4.39 Å². The fraction of sp³-hybridized carbons (Fsp3) is 0.833. The van der Waals surface area contributed by atoms with E-state index in [0.29, 0.717) is 0 Å².